The summed E-state index contributed by atoms with van der Waals surface area (Å²) in [5.74, 6) is 0.884. The number of carbonyl (C=O) groups excluding carboxylic acids is 2. The highest BCUT2D eigenvalue weighted by Crippen LogP contribution is 2.23. The Labute approximate surface area is 160 Å². The van der Waals surface area contributed by atoms with Crippen LogP contribution in [0.5, 0.6) is 0 Å². The molecule has 0 bridgehead atoms. The van der Waals surface area contributed by atoms with Gasteiger partial charge < -0.3 is 0 Å². The lowest BCUT2D eigenvalue weighted by Crippen LogP contribution is -2.31. The highest BCUT2D eigenvalue weighted by Gasteiger charge is 2.34. The maximum atomic E-state index is 12.4. The van der Waals surface area contributed by atoms with Crippen LogP contribution in [-0.4, -0.2) is 48.6 Å². The Balaban J connectivity index is 1.39. The molecule has 1 aliphatic rings. The molecule has 0 aliphatic carbocycles. The topological polar surface area (TPSA) is 80.5 Å². The molecular weight excluding hydrogens is 362 g/mol. The fourth-order valence-corrected chi connectivity index (χ4v) is 3.87. The van der Waals surface area contributed by atoms with E-state index in [2.05, 4.69) is 15.1 Å². The van der Waals surface area contributed by atoms with Gasteiger partial charge in [-0.05, 0) is 44.9 Å². The SMILES string of the molecule is Cc1nc2nc(SCCCN3C(=O)c4ccccc4C3=O)nn2c(C)c1C. The number of benzene rings is 1. The molecule has 0 radical (unpaired) electrons. The highest BCUT2D eigenvalue weighted by molar-refractivity contribution is 7.99. The van der Waals surface area contributed by atoms with Crippen LogP contribution in [0.2, 0.25) is 0 Å². The number of fused-ring (bicyclic) bond motifs is 2. The van der Waals surface area contributed by atoms with Gasteiger partial charge in [0, 0.05) is 23.7 Å². The van der Waals surface area contributed by atoms with Gasteiger partial charge in [-0.1, -0.05) is 23.9 Å². The zero-order valence-corrected chi connectivity index (χ0v) is 16.2. The van der Waals surface area contributed by atoms with Crippen LogP contribution < -0.4 is 0 Å². The molecule has 0 saturated carbocycles. The first-order chi connectivity index (χ1) is 13.0. The standard InChI is InChI=1S/C19H19N5O2S/c1-11-12(2)20-18-21-19(22-24(18)13(11)3)27-10-6-9-23-16(25)14-7-4-5-8-15(14)17(23)26/h4-5,7-8H,6,9-10H2,1-3H3. The first-order valence-corrected chi connectivity index (χ1v) is 9.74. The Hall–Kier alpha value is -2.74. The molecule has 0 unspecified atom stereocenters. The van der Waals surface area contributed by atoms with E-state index in [1.54, 1.807) is 28.8 Å². The van der Waals surface area contributed by atoms with Crippen molar-refractivity contribution in [3.05, 3.63) is 52.3 Å². The Morgan fingerprint density at radius 1 is 1.00 bits per heavy atom. The van der Waals surface area contributed by atoms with Gasteiger partial charge >= 0.3 is 0 Å². The summed E-state index contributed by atoms with van der Waals surface area (Å²) in [6.45, 7) is 6.38. The van der Waals surface area contributed by atoms with Crippen molar-refractivity contribution in [2.75, 3.05) is 12.3 Å². The Bertz CT molecular complexity index is 1040. The van der Waals surface area contributed by atoms with Crippen LogP contribution in [0.25, 0.3) is 5.78 Å². The quantitative estimate of drug-likeness (QED) is 0.384. The molecule has 1 aromatic carbocycles. The van der Waals surface area contributed by atoms with Crippen LogP contribution in [0.4, 0.5) is 0 Å². The van der Waals surface area contributed by atoms with Crippen molar-refractivity contribution in [1.29, 1.82) is 0 Å². The fourth-order valence-electron chi connectivity index (χ4n) is 3.13. The van der Waals surface area contributed by atoms with Crippen LogP contribution in [0.3, 0.4) is 0 Å². The molecule has 4 rings (SSSR count). The number of aromatic nitrogens is 4. The zero-order valence-electron chi connectivity index (χ0n) is 15.4. The second-order valence-electron chi connectivity index (χ2n) is 6.52. The van der Waals surface area contributed by atoms with Gasteiger partial charge in [-0.15, -0.1) is 5.10 Å². The molecule has 3 aromatic rings. The largest absolute Gasteiger partial charge is 0.274 e. The van der Waals surface area contributed by atoms with Crippen molar-refractivity contribution in [2.45, 2.75) is 32.3 Å². The number of hydrogen-bond acceptors (Lipinski definition) is 6. The Kier molecular flexibility index (Phi) is 4.43. The summed E-state index contributed by atoms with van der Waals surface area (Å²) in [5.41, 5.74) is 4.07. The maximum absolute atomic E-state index is 12.4. The summed E-state index contributed by atoms with van der Waals surface area (Å²) in [4.78, 5) is 35.0. The third kappa shape index (κ3) is 2.99. The molecule has 3 heterocycles. The maximum Gasteiger partial charge on any atom is 0.261 e. The van der Waals surface area contributed by atoms with Gasteiger partial charge in [-0.2, -0.15) is 4.98 Å². The van der Waals surface area contributed by atoms with Gasteiger partial charge in [0.25, 0.3) is 17.6 Å². The van der Waals surface area contributed by atoms with Crippen molar-refractivity contribution in [2.24, 2.45) is 0 Å². The van der Waals surface area contributed by atoms with E-state index >= 15 is 0 Å². The molecule has 0 N–H and O–H groups in total. The number of hydrogen-bond donors (Lipinski definition) is 0. The van der Waals surface area contributed by atoms with Crippen molar-refractivity contribution in [3.8, 4) is 0 Å². The first-order valence-electron chi connectivity index (χ1n) is 8.76. The van der Waals surface area contributed by atoms with E-state index in [0.717, 1.165) is 17.0 Å². The van der Waals surface area contributed by atoms with E-state index in [0.29, 0.717) is 40.8 Å². The Morgan fingerprint density at radius 3 is 2.33 bits per heavy atom. The molecule has 0 fully saturated rings. The minimum atomic E-state index is -0.211. The molecule has 138 valence electrons. The summed E-state index contributed by atoms with van der Waals surface area (Å²) in [5, 5.41) is 5.16. The third-order valence-electron chi connectivity index (χ3n) is 4.88. The highest BCUT2D eigenvalue weighted by atomic mass is 32.2. The van der Waals surface area contributed by atoms with Crippen LogP contribution in [0.1, 0.15) is 44.1 Å². The molecule has 0 spiro atoms. The number of nitrogens with zero attached hydrogens (tertiary/aromatic N) is 5. The van der Waals surface area contributed by atoms with E-state index in [1.807, 2.05) is 20.8 Å². The molecule has 0 atom stereocenters. The van der Waals surface area contributed by atoms with Crippen LogP contribution in [-0.2, 0) is 0 Å². The van der Waals surface area contributed by atoms with Crippen LogP contribution in [0.15, 0.2) is 29.4 Å². The molecule has 27 heavy (non-hydrogen) atoms. The summed E-state index contributed by atoms with van der Waals surface area (Å²) >= 11 is 1.50. The van der Waals surface area contributed by atoms with E-state index in [4.69, 9.17) is 0 Å². The van der Waals surface area contributed by atoms with E-state index < -0.39 is 0 Å². The lowest BCUT2D eigenvalue weighted by atomic mass is 10.1. The second-order valence-corrected chi connectivity index (χ2v) is 7.59. The molecule has 2 aromatic heterocycles. The van der Waals surface area contributed by atoms with Gasteiger partial charge in [-0.3, -0.25) is 14.5 Å². The van der Waals surface area contributed by atoms with Gasteiger partial charge in [0.1, 0.15) is 0 Å². The van der Waals surface area contributed by atoms with Gasteiger partial charge in [0.05, 0.1) is 11.1 Å². The minimum absolute atomic E-state index is 0.211. The molecule has 7 nitrogen and oxygen atoms in total. The van der Waals surface area contributed by atoms with Crippen LogP contribution in [0, 0.1) is 20.8 Å². The number of carbonyl (C=O) groups is 2. The summed E-state index contributed by atoms with van der Waals surface area (Å²) in [7, 11) is 0. The summed E-state index contributed by atoms with van der Waals surface area (Å²) in [6.07, 6.45) is 0.677. The Morgan fingerprint density at radius 2 is 1.67 bits per heavy atom. The van der Waals surface area contributed by atoms with Crippen molar-refractivity contribution in [3.63, 3.8) is 0 Å². The minimum Gasteiger partial charge on any atom is -0.274 e. The number of rotatable bonds is 5. The lowest BCUT2D eigenvalue weighted by Gasteiger charge is -2.12. The van der Waals surface area contributed by atoms with Gasteiger partial charge in [0.15, 0.2) is 0 Å². The third-order valence-corrected chi connectivity index (χ3v) is 5.80. The van der Waals surface area contributed by atoms with E-state index in [9.17, 15) is 9.59 Å². The molecule has 8 heteroatoms. The number of thioether (sulfide) groups is 1. The fraction of sp³-hybridized carbons (Fsp3) is 0.316. The second kappa shape index (κ2) is 6.77. The predicted octanol–water partition coefficient (Wildman–Crippen LogP) is 2.83. The number of amides is 2. The summed E-state index contributed by atoms with van der Waals surface area (Å²) < 4.78 is 1.76. The molecule has 0 saturated heterocycles. The molecular formula is C19H19N5O2S. The smallest absolute Gasteiger partial charge is 0.261 e. The van der Waals surface area contributed by atoms with Crippen molar-refractivity contribution >= 4 is 29.4 Å². The van der Waals surface area contributed by atoms with E-state index in [1.165, 1.54) is 16.7 Å². The van der Waals surface area contributed by atoms with E-state index in [-0.39, 0.29) is 11.8 Å². The monoisotopic (exact) mass is 381 g/mol. The molecule has 1 aliphatic heterocycles. The molecule has 2 amide bonds. The average Bonchev–Trinajstić information content (AvgIpc) is 3.17. The normalized spacial score (nSPS) is 13.7. The van der Waals surface area contributed by atoms with Crippen molar-refractivity contribution < 1.29 is 9.59 Å². The van der Waals surface area contributed by atoms with Crippen LogP contribution >= 0.6 is 11.8 Å². The van der Waals surface area contributed by atoms with Crippen molar-refractivity contribution in [1.82, 2.24) is 24.5 Å². The summed E-state index contributed by atoms with van der Waals surface area (Å²) in [6, 6.07) is 6.95. The van der Waals surface area contributed by atoms with Gasteiger partial charge in [-0.25, -0.2) is 9.50 Å². The number of imide groups is 1. The predicted molar refractivity (Wildman–Crippen MR) is 102 cm³/mol. The average molecular weight is 381 g/mol. The van der Waals surface area contributed by atoms with Gasteiger partial charge in [0.2, 0.25) is 5.16 Å². The first kappa shape index (κ1) is 17.7. The number of aryl methyl sites for hydroxylation is 2. The lowest BCUT2D eigenvalue weighted by molar-refractivity contribution is 0.0655. The zero-order chi connectivity index (χ0) is 19.1.